The molecule has 0 N–H and O–H groups in total. The van der Waals surface area contributed by atoms with Gasteiger partial charge in [0.25, 0.3) is 11.8 Å². The third-order valence-electron chi connectivity index (χ3n) is 7.00. The van der Waals surface area contributed by atoms with Crippen LogP contribution in [0, 0.1) is 33.6 Å². The number of carbonyl (C=O) groups is 2. The molecule has 2 heterocycles. The number of hydrogen-bond donors (Lipinski definition) is 0. The molecule has 0 bridgehead atoms. The number of benzene rings is 2. The average molecular weight is 446 g/mol. The molecule has 2 amide bonds. The van der Waals surface area contributed by atoms with E-state index in [1.807, 2.05) is 32.0 Å². The number of piperazine rings is 1. The quantitative estimate of drug-likeness (QED) is 0.637. The summed E-state index contributed by atoms with van der Waals surface area (Å²) in [7, 11) is 0. The van der Waals surface area contributed by atoms with E-state index < -0.39 is 0 Å². The summed E-state index contributed by atoms with van der Waals surface area (Å²) in [4.78, 5) is 33.0. The largest absolute Gasteiger partial charge is 0.368 e. The van der Waals surface area contributed by atoms with E-state index in [0.29, 0.717) is 30.9 Å². The van der Waals surface area contributed by atoms with Crippen LogP contribution in [0.3, 0.4) is 0 Å². The standard InChI is InChI=1S/C28H35N3O2/c1-18(2)17-31-27(32)25(23-11-10-19(3)21(5)16-23)26(28(31)33)30-14-12-29(13-15-30)24-9-7-8-20(4)22(24)6/h7-11,16,18H,12-15,17H2,1-6H3. The van der Waals surface area contributed by atoms with Gasteiger partial charge in [-0.1, -0.05) is 44.2 Å². The number of amides is 2. The number of imide groups is 1. The van der Waals surface area contributed by atoms with Crippen molar-refractivity contribution in [2.24, 2.45) is 5.92 Å². The molecule has 1 saturated heterocycles. The molecular weight excluding hydrogens is 410 g/mol. The normalized spacial score (nSPS) is 17.1. The molecule has 2 aliphatic heterocycles. The van der Waals surface area contributed by atoms with Crippen LogP contribution < -0.4 is 4.90 Å². The van der Waals surface area contributed by atoms with E-state index in [9.17, 15) is 9.59 Å². The molecule has 2 aliphatic rings. The summed E-state index contributed by atoms with van der Waals surface area (Å²) >= 11 is 0. The lowest BCUT2D eigenvalue weighted by molar-refractivity contribution is -0.138. The fraction of sp³-hybridized carbons (Fsp3) is 0.429. The third kappa shape index (κ3) is 4.29. The Bertz CT molecular complexity index is 1120. The Morgan fingerprint density at radius 1 is 0.788 bits per heavy atom. The van der Waals surface area contributed by atoms with Gasteiger partial charge in [-0.2, -0.15) is 0 Å². The zero-order valence-electron chi connectivity index (χ0n) is 20.7. The van der Waals surface area contributed by atoms with Crippen molar-refractivity contribution in [1.82, 2.24) is 9.80 Å². The Hall–Kier alpha value is -3.08. The van der Waals surface area contributed by atoms with E-state index in [1.165, 1.54) is 27.3 Å². The van der Waals surface area contributed by atoms with Gasteiger partial charge >= 0.3 is 0 Å². The van der Waals surface area contributed by atoms with Crippen LogP contribution in [-0.2, 0) is 9.59 Å². The Morgan fingerprint density at radius 2 is 1.45 bits per heavy atom. The average Bonchev–Trinajstić information content (AvgIpc) is 3.02. The molecule has 0 saturated carbocycles. The summed E-state index contributed by atoms with van der Waals surface area (Å²) in [5.41, 5.74) is 8.13. The Kier molecular flexibility index (Phi) is 6.33. The van der Waals surface area contributed by atoms with Crippen molar-refractivity contribution >= 4 is 23.1 Å². The van der Waals surface area contributed by atoms with Crippen LogP contribution in [0.2, 0.25) is 0 Å². The monoisotopic (exact) mass is 445 g/mol. The number of hydrogen-bond acceptors (Lipinski definition) is 4. The molecule has 33 heavy (non-hydrogen) atoms. The minimum Gasteiger partial charge on any atom is -0.368 e. The summed E-state index contributed by atoms with van der Waals surface area (Å²) in [6.45, 7) is 16.0. The van der Waals surface area contributed by atoms with E-state index in [-0.39, 0.29) is 17.7 Å². The number of anilines is 1. The second kappa shape index (κ2) is 9.05. The van der Waals surface area contributed by atoms with Gasteiger partial charge in [-0.15, -0.1) is 0 Å². The molecule has 0 aromatic heterocycles. The first-order chi connectivity index (χ1) is 15.7. The lowest BCUT2D eigenvalue weighted by atomic mass is 9.99. The number of carbonyl (C=O) groups excluding carboxylic acids is 2. The molecular formula is C28H35N3O2. The highest BCUT2D eigenvalue weighted by atomic mass is 16.2. The van der Waals surface area contributed by atoms with Crippen molar-refractivity contribution in [2.75, 3.05) is 37.6 Å². The van der Waals surface area contributed by atoms with Crippen LogP contribution in [0.15, 0.2) is 42.1 Å². The van der Waals surface area contributed by atoms with Crippen molar-refractivity contribution in [2.45, 2.75) is 41.5 Å². The Balaban J connectivity index is 1.67. The van der Waals surface area contributed by atoms with Gasteiger partial charge in [0, 0.05) is 38.4 Å². The minimum atomic E-state index is -0.163. The van der Waals surface area contributed by atoms with Crippen LogP contribution in [0.4, 0.5) is 5.69 Å². The van der Waals surface area contributed by atoms with Crippen molar-refractivity contribution in [3.05, 3.63) is 69.9 Å². The highest BCUT2D eigenvalue weighted by Gasteiger charge is 2.42. The van der Waals surface area contributed by atoms with Crippen molar-refractivity contribution in [1.29, 1.82) is 0 Å². The number of nitrogens with zero attached hydrogens (tertiary/aromatic N) is 3. The van der Waals surface area contributed by atoms with Crippen LogP contribution in [-0.4, -0.2) is 54.3 Å². The van der Waals surface area contributed by atoms with E-state index in [2.05, 4.69) is 55.7 Å². The SMILES string of the molecule is Cc1ccc(C2=C(N3CCN(c4cccc(C)c4C)CC3)C(=O)N(CC(C)C)C2=O)cc1C. The first-order valence-electron chi connectivity index (χ1n) is 11.9. The third-order valence-corrected chi connectivity index (χ3v) is 7.00. The van der Waals surface area contributed by atoms with Crippen LogP contribution >= 0.6 is 0 Å². The number of rotatable bonds is 5. The van der Waals surface area contributed by atoms with Crippen molar-refractivity contribution in [3.8, 4) is 0 Å². The molecule has 174 valence electrons. The molecule has 0 unspecified atom stereocenters. The zero-order chi connectivity index (χ0) is 23.9. The molecule has 4 rings (SSSR count). The van der Waals surface area contributed by atoms with Gasteiger partial charge in [-0.3, -0.25) is 14.5 Å². The summed E-state index contributed by atoms with van der Waals surface area (Å²) in [5.74, 6) is -0.0922. The molecule has 2 aromatic carbocycles. The van der Waals surface area contributed by atoms with Gasteiger partial charge in [-0.05, 0) is 67.5 Å². The van der Waals surface area contributed by atoms with Gasteiger partial charge < -0.3 is 9.80 Å². The second-order valence-corrected chi connectivity index (χ2v) is 9.83. The molecule has 5 nitrogen and oxygen atoms in total. The predicted molar refractivity (Wildman–Crippen MR) is 134 cm³/mol. The molecule has 5 heteroatoms. The van der Waals surface area contributed by atoms with Gasteiger partial charge in [0.1, 0.15) is 5.70 Å². The molecule has 1 fully saturated rings. The van der Waals surface area contributed by atoms with Crippen molar-refractivity contribution < 1.29 is 9.59 Å². The van der Waals surface area contributed by atoms with E-state index >= 15 is 0 Å². The lowest BCUT2D eigenvalue weighted by Gasteiger charge is -2.38. The van der Waals surface area contributed by atoms with Crippen LogP contribution in [0.1, 0.15) is 41.7 Å². The van der Waals surface area contributed by atoms with E-state index in [1.54, 1.807) is 0 Å². The fourth-order valence-corrected chi connectivity index (χ4v) is 4.79. The van der Waals surface area contributed by atoms with Crippen molar-refractivity contribution in [3.63, 3.8) is 0 Å². The second-order valence-electron chi connectivity index (χ2n) is 9.83. The minimum absolute atomic E-state index is 0.151. The van der Waals surface area contributed by atoms with Crippen LogP contribution in [0.5, 0.6) is 0 Å². The smallest absolute Gasteiger partial charge is 0.277 e. The fourth-order valence-electron chi connectivity index (χ4n) is 4.79. The van der Waals surface area contributed by atoms with Gasteiger partial charge in [0.2, 0.25) is 0 Å². The van der Waals surface area contributed by atoms with Gasteiger partial charge in [-0.25, -0.2) is 0 Å². The molecule has 2 aromatic rings. The van der Waals surface area contributed by atoms with E-state index in [4.69, 9.17) is 0 Å². The Labute approximate surface area is 197 Å². The summed E-state index contributed by atoms with van der Waals surface area (Å²) in [6.07, 6.45) is 0. The zero-order valence-corrected chi connectivity index (χ0v) is 20.7. The Morgan fingerprint density at radius 3 is 2.09 bits per heavy atom. The summed E-state index contributed by atoms with van der Waals surface area (Å²) in [5, 5.41) is 0. The summed E-state index contributed by atoms with van der Waals surface area (Å²) < 4.78 is 0. The van der Waals surface area contributed by atoms with Gasteiger partial charge in [0.15, 0.2) is 0 Å². The first kappa shape index (κ1) is 23.1. The predicted octanol–water partition coefficient (Wildman–Crippen LogP) is 4.48. The highest BCUT2D eigenvalue weighted by molar-refractivity contribution is 6.35. The maximum Gasteiger partial charge on any atom is 0.277 e. The summed E-state index contributed by atoms with van der Waals surface area (Å²) in [6, 6.07) is 12.5. The topological polar surface area (TPSA) is 43.9 Å². The lowest BCUT2D eigenvalue weighted by Crippen LogP contribution is -2.48. The highest BCUT2D eigenvalue weighted by Crippen LogP contribution is 2.34. The van der Waals surface area contributed by atoms with Gasteiger partial charge in [0.05, 0.1) is 5.57 Å². The number of aryl methyl sites for hydroxylation is 3. The first-order valence-corrected chi connectivity index (χ1v) is 11.9. The van der Waals surface area contributed by atoms with Crippen LogP contribution in [0.25, 0.3) is 5.57 Å². The molecule has 0 radical (unpaired) electrons. The van der Waals surface area contributed by atoms with E-state index in [0.717, 1.165) is 24.2 Å². The maximum atomic E-state index is 13.5. The molecule has 0 atom stereocenters. The maximum absolute atomic E-state index is 13.5. The molecule has 0 aliphatic carbocycles. The molecule has 0 spiro atoms.